The maximum atomic E-state index is 6.14. The normalized spacial score (nSPS) is 11.0. The summed E-state index contributed by atoms with van der Waals surface area (Å²) in [4.78, 5) is 4.59. The summed E-state index contributed by atoms with van der Waals surface area (Å²) in [6, 6.07) is 81.1. The Morgan fingerprint density at radius 3 is 0.794 bits per heavy atom. The predicted octanol–water partition coefficient (Wildman–Crippen LogP) is 16.0. The molecule has 0 amide bonds. The SMILES string of the molecule is Cc1ccc(-c2ccc(-c3nnc(-c4ccc(-c5ccc(N(c6ccccc6)c6ccc(-c7ccc(N(c8ccccc8)c8ccc(C)cc8)cc7)cc6)cc5)cc4)o3)cc2)cc1. The molecule has 0 atom stereocenters. The molecule has 0 aliphatic rings. The number of hydrogen-bond donors (Lipinski definition) is 0. The largest absolute Gasteiger partial charge is 0.416 e. The lowest BCUT2D eigenvalue weighted by molar-refractivity contribution is 0.584. The molecule has 0 spiro atoms. The Morgan fingerprint density at radius 2 is 0.476 bits per heavy atom. The van der Waals surface area contributed by atoms with Gasteiger partial charge in [0, 0.05) is 45.3 Å². The third-order valence-electron chi connectivity index (χ3n) is 11.4. The van der Waals surface area contributed by atoms with Gasteiger partial charge in [-0.15, -0.1) is 10.2 Å². The number of nitrogens with zero attached hydrogens (tertiary/aromatic N) is 4. The molecule has 5 nitrogen and oxygen atoms in total. The van der Waals surface area contributed by atoms with Crippen molar-refractivity contribution in [1.82, 2.24) is 10.2 Å². The van der Waals surface area contributed by atoms with E-state index < -0.39 is 0 Å². The van der Waals surface area contributed by atoms with Crippen molar-refractivity contribution < 1.29 is 4.42 Å². The van der Waals surface area contributed by atoms with E-state index in [4.69, 9.17) is 4.42 Å². The molecule has 9 aromatic carbocycles. The highest BCUT2D eigenvalue weighted by atomic mass is 16.4. The highest BCUT2D eigenvalue weighted by Crippen LogP contribution is 2.39. The van der Waals surface area contributed by atoms with E-state index >= 15 is 0 Å². The fourth-order valence-corrected chi connectivity index (χ4v) is 7.96. The molecule has 10 rings (SSSR count). The number of aryl methyl sites for hydroxylation is 2. The molecule has 1 heterocycles. The minimum Gasteiger partial charge on any atom is -0.416 e. The second-order valence-corrected chi connectivity index (χ2v) is 15.8. The van der Waals surface area contributed by atoms with E-state index in [9.17, 15) is 0 Å². The van der Waals surface area contributed by atoms with E-state index in [-0.39, 0.29) is 0 Å². The molecule has 302 valence electrons. The van der Waals surface area contributed by atoms with Crippen LogP contribution in [0.5, 0.6) is 0 Å². The molecule has 63 heavy (non-hydrogen) atoms. The van der Waals surface area contributed by atoms with Crippen LogP contribution in [0, 0.1) is 13.8 Å². The van der Waals surface area contributed by atoms with Crippen molar-refractivity contribution in [3.63, 3.8) is 0 Å². The fraction of sp³-hybridized carbons (Fsp3) is 0.0345. The third-order valence-corrected chi connectivity index (χ3v) is 11.4. The Bertz CT molecular complexity index is 3050. The lowest BCUT2D eigenvalue weighted by Gasteiger charge is -2.26. The quantitative estimate of drug-likeness (QED) is 0.130. The minimum absolute atomic E-state index is 0.490. The van der Waals surface area contributed by atoms with E-state index in [0.717, 1.165) is 73.1 Å². The van der Waals surface area contributed by atoms with Crippen LogP contribution in [0.1, 0.15) is 11.1 Å². The predicted molar refractivity (Wildman–Crippen MR) is 260 cm³/mol. The average Bonchev–Trinajstić information content (AvgIpc) is 3.85. The maximum absolute atomic E-state index is 6.14. The molecule has 0 N–H and O–H groups in total. The van der Waals surface area contributed by atoms with Gasteiger partial charge < -0.3 is 14.2 Å². The van der Waals surface area contributed by atoms with E-state index in [2.05, 4.69) is 240 Å². The lowest BCUT2D eigenvalue weighted by atomic mass is 10.0. The summed E-state index contributed by atoms with van der Waals surface area (Å²) in [5.74, 6) is 0.986. The molecule has 5 heteroatoms. The zero-order chi connectivity index (χ0) is 42.5. The molecule has 0 aliphatic heterocycles. The summed E-state index contributed by atoms with van der Waals surface area (Å²) in [5.41, 5.74) is 17.7. The van der Waals surface area contributed by atoms with Crippen molar-refractivity contribution >= 4 is 34.1 Å². The Kier molecular flexibility index (Phi) is 10.7. The van der Waals surface area contributed by atoms with Gasteiger partial charge in [-0.05, 0) is 144 Å². The highest BCUT2D eigenvalue weighted by molar-refractivity contribution is 5.82. The first-order chi connectivity index (χ1) is 31.0. The molecule has 0 saturated carbocycles. The molecule has 1 aromatic heterocycles. The van der Waals surface area contributed by atoms with Crippen molar-refractivity contribution in [2.45, 2.75) is 13.8 Å². The van der Waals surface area contributed by atoms with Gasteiger partial charge in [0.1, 0.15) is 0 Å². The van der Waals surface area contributed by atoms with Crippen LogP contribution in [0.2, 0.25) is 0 Å². The van der Waals surface area contributed by atoms with Crippen molar-refractivity contribution in [2.75, 3.05) is 9.80 Å². The number of aromatic nitrogens is 2. The highest BCUT2D eigenvalue weighted by Gasteiger charge is 2.16. The number of para-hydroxylation sites is 2. The maximum Gasteiger partial charge on any atom is 0.248 e. The Labute approximate surface area is 368 Å². The van der Waals surface area contributed by atoms with E-state index in [1.165, 1.54) is 16.7 Å². The summed E-state index contributed by atoms with van der Waals surface area (Å²) >= 11 is 0. The molecule has 0 saturated heterocycles. The first-order valence-corrected chi connectivity index (χ1v) is 21.2. The van der Waals surface area contributed by atoms with Crippen molar-refractivity contribution in [3.05, 3.63) is 242 Å². The lowest BCUT2D eigenvalue weighted by Crippen LogP contribution is -2.10. The third kappa shape index (κ3) is 8.41. The van der Waals surface area contributed by atoms with Gasteiger partial charge in [-0.25, -0.2) is 0 Å². The second kappa shape index (κ2) is 17.4. The summed E-state index contributed by atoms with van der Waals surface area (Å²) in [6.07, 6.45) is 0. The standard InChI is InChI=1S/C58H44N4O/c1-41-13-17-43(18-14-41)44-19-23-49(24-20-44)57-59-60-58(63-57)50-25-21-45(22-26-50)46-27-35-55(36-28-46)62(52-11-7-4-8-12-52)56-39-31-48(32-40-56)47-29-37-54(38-30-47)61(51-9-5-3-6-10-51)53-33-15-42(2)16-34-53/h3-40H,1-2H3. The Balaban J connectivity index is 0.855. The topological polar surface area (TPSA) is 45.4 Å². The van der Waals surface area contributed by atoms with Crippen LogP contribution >= 0.6 is 0 Å². The number of benzene rings is 9. The van der Waals surface area contributed by atoms with Gasteiger partial charge in [-0.1, -0.05) is 145 Å². The molecule has 0 bridgehead atoms. The van der Waals surface area contributed by atoms with E-state index in [1.54, 1.807) is 0 Å². The van der Waals surface area contributed by atoms with Crippen LogP contribution in [0.3, 0.4) is 0 Å². The van der Waals surface area contributed by atoms with Crippen LogP contribution < -0.4 is 9.80 Å². The van der Waals surface area contributed by atoms with Crippen LogP contribution in [-0.2, 0) is 0 Å². The number of hydrogen-bond acceptors (Lipinski definition) is 5. The Hall–Kier alpha value is -8.28. The monoisotopic (exact) mass is 812 g/mol. The van der Waals surface area contributed by atoms with Crippen molar-refractivity contribution in [3.8, 4) is 56.3 Å². The van der Waals surface area contributed by atoms with Crippen LogP contribution in [0.15, 0.2) is 235 Å². The molecular formula is C58H44N4O. The fourth-order valence-electron chi connectivity index (χ4n) is 7.96. The van der Waals surface area contributed by atoms with Crippen LogP contribution in [-0.4, -0.2) is 10.2 Å². The van der Waals surface area contributed by atoms with Crippen LogP contribution in [0.4, 0.5) is 34.1 Å². The van der Waals surface area contributed by atoms with Gasteiger partial charge >= 0.3 is 0 Å². The first kappa shape index (κ1) is 38.9. The summed E-state index contributed by atoms with van der Waals surface area (Å²) in [7, 11) is 0. The van der Waals surface area contributed by atoms with E-state index in [0.29, 0.717) is 11.8 Å². The summed E-state index contributed by atoms with van der Waals surface area (Å²) in [6.45, 7) is 4.22. The zero-order valence-electron chi connectivity index (χ0n) is 35.1. The molecule has 0 fully saturated rings. The van der Waals surface area contributed by atoms with Crippen LogP contribution in [0.25, 0.3) is 56.3 Å². The molecular weight excluding hydrogens is 769 g/mol. The molecule has 10 aromatic rings. The average molecular weight is 813 g/mol. The van der Waals surface area contributed by atoms with Gasteiger partial charge in [0.2, 0.25) is 11.8 Å². The second-order valence-electron chi connectivity index (χ2n) is 15.8. The molecule has 0 radical (unpaired) electrons. The molecule has 0 unspecified atom stereocenters. The van der Waals surface area contributed by atoms with Gasteiger partial charge in [-0.3, -0.25) is 0 Å². The van der Waals surface area contributed by atoms with Gasteiger partial charge in [-0.2, -0.15) is 0 Å². The summed E-state index contributed by atoms with van der Waals surface area (Å²) < 4.78 is 6.14. The van der Waals surface area contributed by atoms with Gasteiger partial charge in [0.05, 0.1) is 0 Å². The van der Waals surface area contributed by atoms with E-state index in [1.807, 2.05) is 24.3 Å². The Morgan fingerprint density at radius 1 is 0.254 bits per heavy atom. The number of anilines is 6. The van der Waals surface area contributed by atoms with Crippen molar-refractivity contribution in [1.29, 1.82) is 0 Å². The van der Waals surface area contributed by atoms with Crippen molar-refractivity contribution in [2.24, 2.45) is 0 Å². The van der Waals surface area contributed by atoms with Gasteiger partial charge in [0.25, 0.3) is 0 Å². The number of rotatable bonds is 11. The molecule has 0 aliphatic carbocycles. The smallest absolute Gasteiger partial charge is 0.248 e. The first-order valence-electron chi connectivity index (χ1n) is 21.2. The minimum atomic E-state index is 0.490. The summed E-state index contributed by atoms with van der Waals surface area (Å²) in [5, 5.41) is 8.74. The van der Waals surface area contributed by atoms with Gasteiger partial charge in [0.15, 0.2) is 0 Å². The zero-order valence-corrected chi connectivity index (χ0v) is 35.1.